The van der Waals surface area contributed by atoms with Crippen molar-refractivity contribution < 1.29 is 38.5 Å². The zero-order valence-corrected chi connectivity index (χ0v) is 28.4. The van der Waals surface area contributed by atoms with Crippen LogP contribution in [0.1, 0.15) is 121 Å². The molecule has 0 amide bonds. The Hall–Kier alpha value is -2.28. The highest BCUT2D eigenvalue weighted by atomic mass is 16.5. The van der Waals surface area contributed by atoms with Crippen LogP contribution in [0.3, 0.4) is 0 Å². The Kier molecular flexibility index (Phi) is 32.8. The Bertz CT molecular complexity index is 746. The first-order valence-electron chi connectivity index (χ1n) is 16.9. The lowest BCUT2D eigenvalue weighted by molar-refractivity contribution is -0.148. The number of piperidine rings is 1. The van der Waals surface area contributed by atoms with Gasteiger partial charge < -0.3 is 19.3 Å². The van der Waals surface area contributed by atoms with Gasteiger partial charge in [0.15, 0.2) is 18.7 Å². The van der Waals surface area contributed by atoms with Gasteiger partial charge in [-0.3, -0.25) is 38.8 Å². The van der Waals surface area contributed by atoms with Crippen LogP contribution in [0.2, 0.25) is 0 Å². The normalized spacial score (nSPS) is 24.5. The zero-order chi connectivity index (χ0) is 33.2. The first kappa shape index (κ1) is 48.1. The van der Waals surface area contributed by atoms with E-state index in [-0.39, 0.29) is 39.6 Å². The van der Waals surface area contributed by atoms with Gasteiger partial charge in [0.05, 0.1) is 0 Å². The number of carbonyl (C=O) groups is 4. The van der Waals surface area contributed by atoms with E-state index in [0.717, 1.165) is 84.5 Å². The monoisotopic (exact) mass is 663 g/mol. The summed E-state index contributed by atoms with van der Waals surface area (Å²) in [5, 5.41) is 8.49. The maximum Gasteiger partial charge on any atom is 0.320 e. The fourth-order valence-electron chi connectivity index (χ4n) is 5.73. The Morgan fingerprint density at radius 1 is 0.565 bits per heavy atom. The summed E-state index contributed by atoms with van der Waals surface area (Å²) in [5.74, 6) is -0.678. The van der Waals surface area contributed by atoms with Gasteiger partial charge in [-0.25, -0.2) is 0 Å². The highest BCUT2D eigenvalue weighted by Gasteiger charge is 2.32. The van der Waals surface area contributed by atoms with E-state index in [2.05, 4.69) is 35.5 Å². The molecule has 0 aromatic rings. The van der Waals surface area contributed by atoms with E-state index in [9.17, 15) is 19.2 Å². The second-order valence-corrected chi connectivity index (χ2v) is 10.7. The fraction of sp³-hybridized carbons (Fsp3) is 0.882. The van der Waals surface area contributed by atoms with Gasteiger partial charge in [0, 0.05) is 26.2 Å². The minimum atomic E-state index is -0.678. The Labute approximate surface area is 281 Å². The SMILES string of the molecule is C.C.CC.CCN1CCC1C(=O)O.CCN1CCCC1OC=O.CCN1CCCCC1OC=O.CCN1CCCCCC1OC=O. The maximum absolute atomic E-state index is 10.3. The van der Waals surface area contributed by atoms with E-state index in [1.165, 1.54) is 32.1 Å². The number of nitrogens with zero attached hydrogens (tertiary/aromatic N) is 4. The van der Waals surface area contributed by atoms with Gasteiger partial charge in [-0.2, -0.15) is 0 Å². The highest BCUT2D eigenvalue weighted by Crippen LogP contribution is 2.18. The van der Waals surface area contributed by atoms with Gasteiger partial charge >= 0.3 is 5.97 Å². The molecule has 0 aliphatic carbocycles. The second-order valence-electron chi connectivity index (χ2n) is 10.7. The quantitative estimate of drug-likeness (QED) is 0.224. The summed E-state index contributed by atoms with van der Waals surface area (Å²) in [6.07, 6.45) is 11.2. The minimum Gasteiger partial charge on any atom is -0.480 e. The summed E-state index contributed by atoms with van der Waals surface area (Å²) in [6, 6.07) is -0.185. The van der Waals surface area contributed by atoms with Crippen molar-refractivity contribution in [2.75, 3.05) is 52.4 Å². The fourth-order valence-corrected chi connectivity index (χ4v) is 5.73. The van der Waals surface area contributed by atoms with E-state index in [0.29, 0.717) is 19.4 Å². The van der Waals surface area contributed by atoms with Crippen molar-refractivity contribution in [1.29, 1.82) is 0 Å². The van der Waals surface area contributed by atoms with Crippen molar-refractivity contribution in [2.45, 2.75) is 145 Å². The third-order valence-corrected chi connectivity index (χ3v) is 8.34. The average Bonchev–Trinajstić information content (AvgIpc) is 3.35. The number of carbonyl (C=O) groups excluding carboxylic acids is 3. The van der Waals surface area contributed by atoms with Crippen LogP contribution in [0.5, 0.6) is 0 Å². The number of ether oxygens (including phenoxy) is 3. The predicted molar refractivity (Wildman–Crippen MR) is 184 cm³/mol. The van der Waals surface area contributed by atoms with Gasteiger partial charge in [0.1, 0.15) is 6.04 Å². The van der Waals surface area contributed by atoms with Crippen molar-refractivity contribution in [3.05, 3.63) is 0 Å². The smallest absolute Gasteiger partial charge is 0.320 e. The van der Waals surface area contributed by atoms with Crippen molar-refractivity contribution in [2.24, 2.45) is 0 Å². The van der Waals surface area contributed by atoms with Gasteiger partial charge in [0.25, 0.3) is 19.4 Å². The third kappa shape index (κ3) is 18.8. The molecule has 0 radical (unpaired) electrons. The summed E-state index contributed by atoms with van der Waals surface area (Å²) in [4.78, 5) is 49.1. The highest BCUT2D eigenvalue weighted by molar-refractivity contribution is 5.74. The van der Waals surface area contributed by atoms with E-state index in [4.69, 9.17) is 19.3 Å². The summed E-state index contributed by atoms with van der Waals surface area (Å²) < 4.78 is 14.8. The molecule has 12 nitrogen and oxygen atoms in total. The third-order valence-electron chi connectivity index (χ3n) is 8.34. The zero-order valence-electron chi connectivity index (χ0n) is 28.4. The lowest BCUT2D eigenvalue weighted by Gasteiger charge is -2.36. The number of likely N-dealkylation sites (tertiary alicyclic amines) is 4. The molecule has 4 rings (SSSR count). The molecule has 0 aromatic carbocycles. The molecule has 4 aliphatic rings. The van der Waals surface area contributed by atoms with Gasteiger partial charge in [0.2, 0.25) is 0 Å². The lowest BCUT2D eigenvalue weighted by atomic mass is 10.0. The molecule has 4 saturated heterocycles. The van der Waals surface area contributed by atoms with Gasteiger partial charge in [-0.05, 0) is 84.0 Å². The van der Waals surface area contributed by atoms with Crippen molar-refractivity contribution in [1.82, 2.24) is 19.6 Å². The minimum absolute atomic E-state index is 0. The standard InChI is InChI=1S/C9H17NO2.C8H15NO2.C7H13NO2.C6H11NO2.C2H6.2CH4/c1-2-10-7-5-3-4-6-9(10)12-8-11;1-2-9-6-4-3-5-8(9)11-7-10;1-2-8-5-3-4-7(8)10-6-9;1-2-7-4-3-5(7)6(8)9;1-2;;/h8-9H,2-7H2,1H3;7-8H,2-6H2,1H3;6-7H,2-5H2,1H3;5H,2-4H2,1H3,(H,8,9);1-2H3;2*1H4. The van der Waals surface area contributed by atoms with Crippen LogP contribution in [0.25, 0.3) is 0 Å². The molecule has 4 fully saturated rings. The lowest BCUT2D eigenvalue weighted by Crippen LogP contribution is -2.51. The van der Waals surface area contributed by atoms with Crippen LogP contribution in [0.15, 0.2) is 0 Å². The number of likely N-dealkylation sites (N-methyl/N-ethyl adjacent to an activating group) is 1. The Morgan fingerprint density at radius 3 is 1.22 bits per heavy atom. The first-order valence-corrected chi connectivity index (χ1v) is 16.9. The van der Waals surface area contributed by atoms with Crippen molar-refractivity contribution >= 4 is 25.4 Å². The molecule has 0 bridgehead atoms. The summed E-state index contributed by atoms with van der Waals surface area (Å²) in [5.41, 5.74) is 0. The van der Waals surface area contributed by atoms with Crippen LogP contribution in [0.4, 0.5) is 0 Å². The summed E-state index contributed by atoms with van der Waals surface area (Å²) >= 11 is 0. The van der Waals surface area contributed by atoms with Crippen LogP contribution in [-0.2, 0) is 33.4 Å². The molecular weight excluding hydrogens is 592 g/mol. The molecule has 4 unspecified atom stereocenters. The summed E-state index contributed by atoms with van der Waals surface area (Å²) in [6.45, 7) is 21.8. The number of carboxylic acid groups (broad SMARTS) is 1. The molecular formula is C34H70N4O8. The Balaban J connectivity index is -0.000000521. The Morgan fingerprint density at radius 2 is 0.913 bits per heavy atom. The molecule has 1 N–H and O–H groups in total. The first-order chi connectivity index (χ1) is 21.4. The van der Waals surface area contributed by atoms with Crippen LogP contribution < -0.4 is 0 Å². The van der Waals surface area contributed by atoms with Gasteiger partial charge in [-0.1, -0.05) is 62.8 Å². The molecule has 0 spiro atoms. The van der Waals surface area contributed by atoms with E-state index in [1.807, 2.05) is 25.7 Å². The topological polar surface area (TPSA) is 129 Å². The summed E-state index contributed by atoms with van der Waals surface area (Å²) in [7, 11) is 0. The van der Waals surface area contributed by atoms with Gasteiger partial charge in [-0.15, -0.1) is 0 Å². The molecule has 46 heavy (non-hydrogen) atoms. The number of hydrogen-bond acceptors (Lipinski definition) is 11. The van der Waals surface area contributed by atoms with E-state index in [1.54, 1.807) is 0 Å². The van der Waals surface area contributed by atoms with Crippen LogP contribution in [0, 0.1) is 0 Å². The molecule has 4 aliphatic heterocycles. The predicted octanol–water partition coefficient (Wildman–Crippen LogP) is 5.44. The maximum atomic E-state index is 10.3. The largest absolute Gasteiger partial charge is 0.480 e. The number of hydrogen-bond donors (Lipinski definition) is 1. The molecule has 0 saturated carbocycles. The van der Waals surface area contributed by atoms with E-state index < -0.39 is 5.97 Å². The molecule has 4 atom stereocenters. The molecule has 274 valence electrons. The van der Waals surface area contributed by atoms with Crippen molar-refractivity contribution in [3.8, 4) is 0 Å². The molecule has 12 heteroatoms. The number of rotatable bonds is 11. The average molecular weight is 663 g/mol. The molecule has 4 heterocycles. The van der Waals surface area contributed by atoms with Crippen LogP contribution in [-0.4, -0.2) is 127 Å². The number of carboxylic acids is 1. The van der Waals surface area contributed by atoms with Crippen LogP contribution >= 0.6 is 0 Å². The second kappa shape index (κ2) is 31.3. The van der Waals surface area contributed by atoms with E-state index >= 15 is 0 Å². The number of aliphatic carboxylic acids is 1. The van der Waals surface area contributed by atoms with Crippen molar-refractivity contribution in [3.63, 3.8) is 0 Å². The molecule has 0 aromatic heterocycles.